The van der Waals surface area contributed by atoms with Crippen molar-refractivity contribution in [3.8, 4) is 0 Å². The molecule has 2 N–H and O–H groups in total. The Morgan fingerprint density at radius 3 is 3.00 bits per heavy atom. The van der Waals surface area contributed by atoms with Crippen LogP contribution in [0.15, 0.2) is 6.20 Å². The molecule has 3 nitrogen and oxygen atoms in total. The van der Waals surface area contributed by atoms with Gasteiger partial charge in [0.2, 0.25) is 0 Å². The fourth-order valence-corrected chi connectivity index (χ4v) is 1.52. The molecule has 60 valence electrons. The van der Waals surface area contributed by atoms with Crippen LogP contribution in [0.25, 0.3) is 0 Å². The van der Waals surface area contributed by atoms with Gasteiger partial charge in [0.15, 0.2) is 0 Å². The lowest BCUT2D eigenvalue weighted by Gasteiger charge is -2.24. The molecule has 1 heterocycles. The van der Waals surface area contributed by atoms with E-state index in [4.69, 9.17) is 5.11 Å². The van der Waals surface area contributed by atoms with Crippen LogP contribution in [0.1, 0.15) is 36.4 Å². The molecule has 11 heavy (non-hydrogen) atoms. The van der Waals surface area contributed by atoms with Crippen LogP contribution in [0.3, 0.4) is 0 Å². The summed E-state index contributed by atoms with van der Waals surface area (Å²) in [5.41, 5.74) is 2.12. The lowest BCUT2D eigenvalue weighted by molar-refractivity contribution is 0.272. The number of aromatic nitrogens is 2. The molecule has 0 spiro atoms. The summed E-state index contributed by atoms with van der Waals surface area (Å²) < 4.78 is 0. The second-order valence-corrected chi connectivity index (χ2v) is 3.09. The lowest BCUT2D eigenvalue weighted by atomic mass is 9.80. The zero-order chi connectivity index (χ0) is 7.68. The van der Waals surface area contributed by atoms with Crippen molar-refractivity contribution in [2.24, 2.45) is 0 Å². The van der Waals surface area contributed by atoms with Gasteiger partial charge in [-0.1, -0.05) is 6.42 Å². The van der Waals surface area contributed by atoms with Gasteiger partial charge >= 0.3 is 0 Å². The van der Waals surface area contributed by atoms with Crippen molar-refractivity contribution in [3.63, 3.8) is 0 Å². The maximum atomic E-state index is 8.90. The predicted octanol–water partition coefficient (Wildman–Crippen LogP) is 1.17. The summed E-state index contributed by atoms with van der Waals surface area (Å²) >= 11 is 0. The van der Waals surface area contributed by atoms with E-state index in [-0.39, 0.29) is 6.61 Å². The molecular weight excluding hydrogens is 140 g/mol. The first kappa shape index (κ1) is 6.85. The molecule has 0 saturated heterocycles. The van der Waals surface area contributed by atoms with Crippen LogP contribution in [0, 0.1) is 0 Å². The Bertz CT molecular complexity index is 240. The van der Waals surface area contributed by atoms with E-state index < -0.39 is 0 Å². The van der Waals surface area contributed by atoms with Gasteiger partial charge in [-0.3, -0.25) is 5.10 Å². The number of hydrogen-bond acceptors (Lipinski definition) is 2. The molecule has 0 atom stereocenters. The molecule has 1 aromatic heterocycles. The molecule has 1 aliphatic carbocycles. The predicted molar refractivity (Wildman–Crippen MR) is 41.1 cm³/mol. The monoisotopic (exact) mass is 152 g/mol. The first-order valence-electron chi connectivity index (χ1n) is 4.05. The number of aliphatic hydroxyl groups excluding tert-OH is 1. The molecule has 0 aliphatic heterocycles. The van der Waals surface area contributed by atoms with Crippen LogP contribution in [0.4, 0.5) is 0 Å². The van der Waals surface area contributed by atoms with Gasteiger partial charge in [0.05, 0.1) is 18.5 Å². The molecule has 1 aliphatic rings. The Morgan fingerprint density at radius 2 is 2.45 bits per heavy atom. The Kier molecular flexibility index (Phi) is 1.66. The standard InChI is InChI=1S/C8H12N2O/c11-5-8-7(4-9-10-8)6-2-1-3-6/h4,6,11H,1-3,5H2,(H,9,10). The highest BCUT2D eigenvalue weighted by Gasteiger charge is 2.22. The van der Waals surface area contributed by atoms with E-state index in [0.717, 1.165) is 5.69 Å². The summed E-state index contributed by atoms with van der Waals surface area (Å²) in [7, 11) is 0. The summed E-state index contributed by atoms with van der Waals surface area (Å²) in [5, 5.41) is 15.6. The van der Waals surface area contributed by atoms with Crippen molar-refractivity contribution >= 4 is 0 Å². The van der Waals surface area contributed by atoms with Crippen molar-refractivity contribution in [1.29, 1.82) is 0 Å². The third-order valence-corrected chi connectivity index (χ3v) is 2.45. The zero-order valence-electron chi connectivity index (χ0n) is 6.38. The van der Waals surface area contributed by atoms with Crippen LogP contribution >= 0.6 is 0 Å². The fraction of sp³-hybridized carbons (Fsp3) is 0.625. The Labute approximate surface area is 65.4 Å². The first-order valence-corrected chi connectivity index (χ1v) is 4.05. The fourth-order valence-electron chi connectivity index (χ4n) is 1.52. The van der Waals surface area contributed by atoms with Crippen molar-refractivity contribution < 1.29 is 5.11 Å². The van der Waals surface area contributed by atoms with Crippen LogP contribution in [-0.2, 0) is 6.61 Å². The van der Waals surface area contributed by atoms with E-state index in [9.17, 15) is 0 Å². The van der Waals surface area contributed by atoms with Gasteiger partial charge in [0.25, 0.3) is 0 Å². The van der Waals surface area contributed by atoms with Crippen molar-refractivity contribution in [3.05, 3.63) is 17.5 Å². The van der Waals surface area contributed by atoms with Crippen molar-refractivity contribution in [2.45, 2.75) is 31.8 Å². The van der Waals surface area contributed by atoms with Crippen LogP contribution in [0.5, 0.6) is 0 Å². The number of nitrogens with zero attached hydrogens (tertiary/aromatic N) is 1. The maximum absolute atomic E-state index is 8.90. The quantitative estimate of drug-likeness (QED) is 0.668. The molecule has 1 saturated carbocycles. The van der Waals surface area contributed by atoms with Crippen LogP contribution in [0.2, 0.25) is 0 Å². The number of rotatable bonds is 2. The summed E-state index contributed by atoms with van der Waals surface area (Å²) in [6.45, 7) is 0.0891. The Balaban J connectivity index is 2.20. The minimum atomic E-state index is 0.0891. The Hall–Kier alpha value is -0.830. The SMILES string of the molecule is OCc1[nH]ncc1C1CCC1. The molecule has 0 amide bonds. The third kappa shape index (κ3) is 1.05. The van der Waals surface area contributed by atoms with Gasteiger partial charge in [-0.2, -0.15) is 5.10 Å². The average molecular weight is 152 g/mol. The molecule has 1 aromatic rings. The smallest absolute Gasteiger partial charge is 0.0850 e. The largest absolute Gasteiger partial charge is 0.390 e. The second-order valence-electron chi connectivity index (χ2n) is 3.09. The molecule has 0 aromatic carbocycles. The van der Waals surface area contributed by atoms with Gasteiger partial charge in [-0.25, -0.2) is 0 Å². The number of aliphatic hydroxyl groups is 1. The molecule has 0 radical (unpaired) electrons. The third-order valence-electron chi connectivity index (χ3n) is 2.45. The molecule has 3 heteroatoms. The zero-order valence-corrected chi connectivity index (χ0v) is 6.38. The maximum Gasteiger partial charge on any atom is 0.0850 e. The van der Waals surface area contributed by atoms with E-state index in [2.05, 4.69) is 10.2 Å². The molecular formula is C8H12N2O. The highest BCUT2D eigenvalue weighted by atomic mass is 16.3. The highest BCUT2D eigenvalue weighted by Crippen LogP contribution is 2.37. The number of hydrogen-bond donors (Lipinski definition) is 2. The van der Waals surface area contributed by atoms with Gasteiger partial charge in [0.1, 0.15) is 0 Å². The summed E-state index contributed by atoms with van der Waals surface area (Å²) in [5.74, 6) is 0.663. The van der Waals surface area contributed by atoms with E-state index in [1.807, 2.05) is 6.20 Å². The average Bonchev–Trinajstić information content (AvgIpc) is 2.32. The number of aromatic amines is 1. The van der Waals surface area contributed by atoms with Gasteiger partial charge < -0.3 is 5.11 Å². The molecule has 1 fully saturated rings. The summed E-state index contributed by atoms with van der Waals surface area (Å²) in [6, 6.07) is 0. The van der Waals surface area contributed by atoms with Crippen LogP contribution in [-0.4, -0.2) is 15.3 Å². The van der Waals surface area contributed by atoms with Crippen molar-refractivity contribution in [2.75, 3.05) is 0 Å². The summed E-state index contributed by atoms with van der Waals surface area (Å²) in [6.07, 6.45) is 5.68. The first-order chi connectivity index (χ1) is 5.42. The van der Waals surface area contributed by atoms with Gasteiger partial charge in [-0.15, -0.1) is 0 Å². The van der Waals surface area contributed by atoms with E-state index in [1.165, 1.54) is 24.8 Å². The Morgan fingerprint density at radius 1 is 1.64 bits per heavy atom. The number of H-pyrrole nitrogens is 1. The van der Waals surface area contributed by atoms with E-state index in [0.29, 0.717) is 5.92 Å². The summed E-state index contributed by atoms with van der Waals surface area (Å²) in [4.78, 5) is 0. The second kappa shape index (κ2) is 2.66. The van der Waals surface area contributed by atoms with E-state index in [1.54, 1.807) is 0 Å². The highest BCUT2D eigenvalue weighted by molar-refractivity contribution is 5.22. The normalized spacial score (nSPS) is 18.3. The van der Waals surface area contributed by atoms with E-state index >= 15 is 0 Å². The molecule has 0 unspecified atom stereocenters. The number of nitrogens with one attached hydrogen (secondary N) is 1. The molecule has 2 rings (SSSR count). The molecule has 0 bridgehead atoms. The van der Waals surface area contributed by atoms with Crippen molar-refractivity contribution in [1.82, 2.24) is 10.2 Å². The lowest BCUT2D eigenvalue weighted by Crippen LogP contribution is -2.09. The van der Waals surface area contributed by atoms with Gasteiger partial charge in [0, 0.05) is 0 Å². The minimum absolute atomic E-state index is 0.0891. The topological polar surface area (TPSA) is 48.9 Å². The van der Waals surface area contributed by atoms with Crippen LogP contribution < -0.4 is 0 Å². The van der Waals surface area contributed by atoms with Gasteiger partial charge in [-0.05, 0) is 24.3 Å². The minimum Gasteiger partial charge on any atom is -0.390 e.